The number of aryl methyl sites for hydroxylation is 3. The molecular formula is C33H36NO+. The molecule has 0 amide bonds. The molecule has 0 fully saturated rings. The van der Waals surface area contributed by atoms with Crippen LogP contribution in [-0.4, -0.2) is 0 Å². The summed E-state index contributed by atoms with van der Waals surface area (Å²) in [5.74, 6) is 0. The maximum Gasteiger partial charge on any atom is 0.216 e. The molecule has 6 rings (SSSR count). The highest BCUT2D eigenvalue weighted by atomic mass is 16.3. The minimum atomic E-state index is 0.0794. The van der Waals surface area contributed by atoms with Crippen LogP contribution in [0.5, 0.6) is 0 Å². The van der Waals surface area contributed by atoms with Crippen molar-refractivity contribution in [3.05, 3.63) is 77.0 Å². The van der Waals surface area contributed by atoms with Gasteiger partial charge in [0.1, 0.15) is 18.2 Å². The number of pyridine rings is 1. The summed E-state index contributed by atoms with van der Waals surface area (Å²) in [6.45, 7) is 14.0. The summed E-state index contributed by atoms with van der Waals surface area (Å²) >= 11 is 0. The van der Waals surface area contributed by atoms with Gasteiger partial charge < -0.3 is 4.42 Å². The van der Waals surface area contributed by atoms with E-state index in [-0.39, 0.29) is 10.8 Å². The molecule has 0 radical (unpaired) electrons. The summed E-state index contributed by atoms with van der Waals surface area (Å²) in [5.41, 5.74) is 10.2. The zero-order valence-electron chi connectivity index (χ0n) is 22.2. The van der Waals surface area contributed by atoms with Crippen LogP contribution in [0.3, 0.4) is 0 Å². The molecule has 1 aliphatic rings. The molecular weight excluding hydrogens is 426 g/mol. The molecule has 0 saturated heterocycles. The van der Waals surface area contributed by atoms with E-state index in [0.717, 1.165) is 17.6 Å². The van der Waals surface area contributed by atoms with Gasteiger partial charge in [0, 0.05) is 28.5 Å². The molecule has 178 valence electrons. The van der Waals surface area contributed by atoms with Crippen molar-refractivity contribution in [2.45, 2.75) is 71.6 Å². The van der Waals surface area contributed by atoms with E-state index in [2.05, 4.69) is 108 Å². The van der Waals surface area contributed by atoms with E-state index in [9.17, 15) is 0 Å². The van der Waals surface area contributed by atoms with E-state index in [1.54, 1.807) is 0 Å². The highest BCUT2D eigenvalue weighted by Crippen LogP contribution is 2.51. The van der Waals surface area contributed by atoms with Crippen LogP contribution in [0.4, 0.5) is 0 Å². The normalized spacial score (nSPS) is 16.8. The third-order valence-corrected chi connectivity index (χ3v) is 8.72. The Morgan fingerprint density at radius 2 is 1.57 bits per heavy atom. The van der Waals surface area contributed by atoms with Gasteiger partial charge in [0.25, 0.3) is 0 Å². The van der Waals surface area contributed by atoms with Crippen LogP contribution in [0.1, 0.15) is 69.7 Å². The number of rotatable bonds is 2. The molecule has 2 heteroatoms. The van der Waals surface area contributed by atoms with Crippen LogP contribution in [0, 0.1) is 6.92 Å². The van der Waals surface area contributed by atoms with Crippen molar-refractivity contribution in [1.29, 1.82) is 0 Å². The summed E-state index contributed by atoms with van der Waals surface area (Å²) in [7, 11) is 2.14. The fourth-order valence-electron chi connectivity index (χ4n) is 6.45. The summed E-state index contributed by atoms with van der Waals surface area (Å²) < 4.78 is 9.31. The first-order chi connectivity index (χ1) is 16.6. The average molecular weight is 463 g/mol. The van der Waals surface area contributed by atoms with Gasteiger partial charge in [-0.2, -0.15) is 0 Å². The molecule has 0 saturated carbocycles. The summed E-state index contributed by atoms with van der Waals surface area (Å²) in [4.78, 5) is 0. The lowest BCUT2D eigenvalue weighted by atomic mass is 9.63. The van der Waals surface area contributed by atoms with Crippen molar-refractivity contribution in [2.75, 3.05) is 0 Å². The maximum absolute atomic E-state index is 7.07. The Morgan fingerprint density at radius 3 is 2.31 bits per heavy atom. The second-order valence-corrected chi connectivity index (χ2v) is 11.9. The molecule has 0 atom stereocenters. The smallest absolute Gasteiger partial charge is 0.216 e. The Hall–Kier alpha value is -3.13. The molecule has 0 spiro atoms. The van der Waals surface area contributed by atoms with E-state index in [4.69, 9.17) is 4.42 Å². The standard InChI is InChI=1S/C33H36NO/c1-8-21-15-18-34(7)26(19-21)27-20(2)22-11-9-10-12-23(22)28-24-13-14-25-29(30(24)35-31(27)28)33(5,6)17-16-32(25,3)4/h9-15,18-19H,8,16-17H2,1-7H3/q+1. The fraction of sp³-hybridized carbons (Fsp3) is 0.364. The molecule has 2 aromatic heterocycles. The van der Waals surface area contributed by atoms with E-state index in [1.807, 2.05) is 0 Å². The molecule has 5 aromatic rings. The van der Waals surface area contributed by atoms with Crippen molar-refractivity contribution in [3.8, 4) is 11.3 Å². The molecule has 0 N–H and O–H groups in total. The van der Waals surface area contributed by atoms with Crippen molar-refractivity contribution < 1.29 is 8.98 Å². The number of aromatic nitrogens is 1. The number of hydrogen-bond acceptors (Lipinski definition) is 1. The van der Waals surface area contributed by atoms with Crippen LogP contribution in [0.25, 0.3) is 44.0 Å². The van der Waals surface area contributed by atoms with E-state index < -0.39 is 0 Å². The van der Waals surface area contributed by atoms with Crippen molar-refractivity contribution in [3.63, 3.8) is 0 Å². The van der Waals surface area contributed by atoms with E-state index in [1.165, 1.54) is 67.9 Å². The lowest BCUT2D eigenvalue weighted by Gasteiger charge is -2.41. The first-order valence-corrected chi connectivity index (χ1v) is 13.0. The molecule has 2 nitrogen and oxygen atoms in total. The Morgan fingerprint density at radius 1 is 0.857 bits per heavy atom. The molecule has 1 aliphatic carbocycles. The minimum Gasteiger partial charge on any atom is -0.455 e. The van der Waals surface area contributed by atoms with Gasteiger partial charge >= 0.3 is 0 Å². The Kier molecular flexibility index (Phi) is 4.75. The van der Waals surface area contributed by atoms with Gasteiger partial charge in [0.05, 0.1) is 5.56 Å². The first kappa shape index (κ1) is 22.3. The molecule has 2 heterocycles. The van der Waals surface area contributed by atoms with Crippen molar-refractivity contribution >= 4 is 32.7 Å². The molecule has 0 unspecified atom stereocenters. The third kappa shape index (κ3) is 3.12. The van der Waals surface area contributed by atoms with Gasteiger partial charge in [0.2, 0.25) is 5.69 Å². The van der Waals surface area contributed by atoms with Gasteiger partial charge in [0.15, 0.2) is 6.20 Å². The lowest BCUT2D eigenvalue weighted by Crippen LogP contribution is -2.33. The zero-order chi connectivity index (χ0) is 24.7. The quantitative estimate of drug-likeness (QED) is 0.241. The first-order valence-electron chi connectivity index (χ1n) is 13.0. The van der Waals surface area contributed by atoms with E-state index >= 15 is 0 Å². The predicted molar refractivity (Wildman–Crippen MR) is 147 cm³/mol. The third-order valence-electron chi connectivity index (χ3n) is 8.72. The van der Waals surface area contributed by atoms with Gasteiger partial charge in [-0.1, -0.05) is 71.0 Å². The summed E-state index contributed by atoms with van der Waals surface area (Å²) in [6.07, 6.45) is 5.57. The van der Waals surface area contributed by atoms with Gasteiger partial charge in [-0.25, -0.2) is 4.57 Å². The zero-order valence-corrected chi connectivity index (χ0v) is 22.2. The monoisotopic (exact) mass is 462 g/mol. The summed E-state index contributed by atoms with van der Waals surface area (Å²) in [6, 6.07) is 18.1. The lowest BCUT2D eigenvalue weighted by molar-refractivity contribution is -0.660. The number of nitrogens with zero attached hydrogens (tertiary/aromatic N) is 1. The number of furan rings is 1. The van der Waals surface area contributed by atoms with Crippen LogP contribution < -0.4 is 4.57 Å². The van der Waals surface area contributed by atoms with Gasteiger partial charge in [-0.3, -0.25) is 0 Å². The second-order valence-electron chi connectivity index (χ2n) is 11.9. The van der Waals surface area contributed by atoms with Crippen LogP contribution in [0.15, 0.2) is 59.1 Å². The molecule has 0 aliphatic heterocycles. The van der Waals surface area contributed by atoms with Crippen molar-refractivity contribution in [2.24, 2.45) is 7.05 Å². The van der Waals surface area contributed by atoms with Gasteiger partial charge in [-0.15, -0.1) is 0 Å². The largest absolute Gasteiger partial charge is 0.455 e. The second kappa shape index (κ2) is 7.43. The summed E-state index contributed by atoms with van der Waals surface area (Å²) in [5, 5.41) is 5.08. The van der Waals surface area contributed by atoms with Crippen LogP contribution in [-0.2, 0) is 24.3 Å². The Labute approximate surface area is 208 Å². The van der Waals surface area contributed by atoms with Crippen LogP contribution >= 0.6 is 0 Å². The molecule has 0 bridgehead atoms. The highest BCUT2D eigenvalue weighted by Gasteiger charge is 2.40. The number of hydrogen-bond donors (Lipinski definition) is 0. The SMILES string of the molecule is CCc1cc[n+](C)c(-c2c(C)c3ccccc3c3c2oc2c4c(ccc23)C(C)(C)CCC4(C)C)c1. The number of benzene rings is 3. The topological polar surface area (TPSA) is 17.0 Å². The molecule has 35 heavy (non-hydrogen) atoms. The predicted octanol–water partition coefficient (Wildman–Crippen LogP) is 8.45. The fourth-order valence-corrected chi connectivity index (χ4v) is 6.45. The van der Waals surface area contributed by atoms with Crippen molar-refractivity contribution in [1.82, 2.24) is 0 Å². The Bertz CT molecular complexity index is 1650. The molecule has 3 aromatic carbocycles. The van der Waals surface area contributed by atoms with E-state index in [0.29, 0.717) is 0 Å². The Balaban J connectivity index is 1.85. The minimum absolute atomic E-state index is 0.0794. The van der Waals surface area contributed by atoms with Gasteiger partial charge in [-0.05, 0) is 64.5 Å². The van der Waals surface area contributed by atoms with Crippen LogP contribution in [0.2, 0.25) is 0 Å². The number of fused-ring (bicyclic) bond motifs is 7. The average Bonchev–Trinajstić information content (AvgIpc) is 3.22. The highest BCUT2D eigenvalue weighted by molar-refractivity contribution is 6.24. The maximum atomic E-state index is 7.07.